The average molecular weight is 539 g/mol. The molecule has 1 N–H and O–H groups in total. The Morgan fingerprint density at radius 1 is 1.18 bits per heavy atom. The highest BCUT2D eigenvalue weighted by Crippen LogP contribution is 2.50. The van der Waals surface area contributed by atoms with Crippen LogP contribution >= 0.6 is 34.8 Å². The Morgan fingerprint density at radius 3 is 2.32 bits per heavy atom. The number of benzene rings is 1. The van der Waals surface area contributed by atoms with Gasteiger partial charge in [-0.3, -0.25) is 0 Å². The molecule has 5 nitrogen and oxygen atoms in total. The van der Waals surface area contributed by atoms with E-state index in [2.05, 4.69) is 10.3 Å². The minimum Gasteiger partial charge on any atom is -0.444 e. The lowest BCUT2D eigenvalue weighted by Gasteiger charge is -2.33. The number of rotatable bonds is 4. The Bertz CT molecular complexity index is 1070. The smallest absolute Gasteiger partial charge is 0.407 e. The first kappa shape index (κ1) is 26.7. The number of amides is 1. The van der Waals surface area contributed by atoms with Crippen molar-refractivity contribution in [3.05, 3.63) is 56.2 Å². The summed E-state index contributed by atoms with van der Waals surface area (Å²) in [6.45, 7) is 7.00. The van der Waals surface area contributed by atoms with Gasteiger partial charge in [-0.05, 0) is 63.4 Å². The van der Waals surface area contributed by atoms with Crippen molar-refractivity contribution >= 4 is 46.7 Å². The first-order valence-corrected chi connectivity index (χ1v) is 11.7. The quantitative estimate of drug-likeness (QED) is 0.423. The van der Waals surface area contributed by atoms with Crippen LogP contribution in [0.25, 0.3) is 0 Å². The topological polar surface area (TPSA) is 54.5 Å². The van der Waals surface area contributed by atoms with Crippen LogP contribution in [0.3, 0.4) is 0 Å². The van der Waals surface area contributed by atoms with Crippen molar-refractivity contribution in [2.75, 3.05) is 18.0 Å². The van der Waals surface area contributed by atoms with E-state index in [-0.39, 0.29) is 46.7 Å². The SMILES string of the molecule is Cc1nc(N2CCC(c3cc(Cl)c(Cl)c(Cl)c3)(C(F)(F)F)C2)ccc1CNC(=O)OC(C)(C)C. The molecule has 0 spiro atoms. The molecule has 1 aliphatic rings. The van der Waals surface area contributed by atoms with Crippen LogP contribution in [0.2, 0.25) is 15.1 Å². The number of nitrogens with one attached hydrogen (secondary N) is 1. The van der Waals surface area contributed by atoms with Gasteiger partial charge in [-0.15, -0.1) is 0 Å². The molecule has 1 amide bonds. The first-order chi connectivity index (χ1) is 15.6. The molecule has 3 rings (SSSR count). The average Bonchev–Trinajstić information content (AvgIpc) is 3.16. The number of aromatic nitrogens is 1. The van der Waals surface area contributed by atoms with Gasteiger partial charge in [0.05, 0.1) is 15.1 Å². The number of nitrogens with zero attached hydrogens (tertiary/aromatic N) is 2. The number of hydrogen-bond acceptors (Lipinski definition) is 4. The molecule has 0 saturated carbocycles. The molecule has 0 bridgehead atoms. The lowest BCUT2D eigenvalue weighted by molar-refractivity contribution is -0.184. The highest BCUT2D eigenvalue weighted by molar-refractivity contribution is 6.48. The number of pyridine rings is 1. The molecule has 0 aliphatic carbocycles. The number of carbonyl (C=O) groups excluding carboxylic acids is 1. The van der Waals surface area contributed by atoms with Crippen LogP contribution in [0.5, 0.6) is 0 Å². The molecule has 2 aromatic rings. The van der Waals surface area contributed by atoms with Crippen molar-refractivity contribution in [1.82, 2.24) is 10.3 Å². The van der Waals surface area contributed by atoms with Gasteiger partial charge in [-0.1, -0.05) is 40.9 Å². The molecule has 1 aromatic heterocycles. The normalized spacial score (nSPS) is 18.8. The molecule has 34 heavy (non-hydrogen) atoms. The number of aryl methyl sites for hydroxylation is 1. The van der Waals surface area contributed by atoms with Gasteiger partial charge in [0.2, 0.25) is 0 Å². The fraction of sp³-hybridized carbons (Fsp3) is 0.478. The second-order valence-electron chi connectivity index (χ2n) is 9.27. The van der Waals surface area contributed by atoms with E-state index in [0.29, 0.717) is 11.5 Å². The molecule has 0 radical (unpaired) electrons. The molecule has 1 unspecified atom stereocenters. The molecule has 1 fully saturated rings. The third-order valence-corrected chi connectivity index (χ3v) is 6.87. The summed E-state index contributed by atoms with van der Waals surface area (Å²) in [5.41, 5.74) is -1.50. The summed E-state index contributed by atoms with van der Waals surface area (Å²) in [6, 6.07) is 5.85. The minimum absolute atomic E-state index is 0.0205. The lowest BCUT2D eigenvalue weighted by Crippen LogP contribution is -2.45. The van der Waals surface area contributed by atoms with Crippen LogP contribution in [-0.4, -0.2) is 35.9 Å². The van der Waals surface area contributed by atoms with Gasteiger partial charge in [-0.25, -0.2) is 9.78 Å². The van der Waals surface area contributed by atoms with E-state index in [1.54, 1.807) is 44.7 Å². The molecule has 1 atom stereocenters. The van der Waals surface area contributed by atoms with E-state index in [0.717, 1.165) is 5.56 Å². The number of halogens is 6. The molecular weight excluding hydrogens is 514 g/mol. The van der Waals surface area contributed by atoms with Gasteiger partial charge in [0, 0.05) is 25.3 Å². The van der Waals surface area contributed by atoms with E-state index >= 15 is 0 Å². The predicted molar refractivity (Wildman–Crippen MR) is 128 cm³/mol. The fourth-order valence-electron chi connectivity index (χ4n) is 3.89. The second kappa shape index (κ2) is 9.63. The molecule has 1 aliphatic heterocycles. The molecule has 1 saturated heterocycles. The Hall–Kier alpha value is -1.90. The largest absolute Gasteiger partial charge is 0.444 e. The van der Waals surface area contributed by atoms with Crippen LogP contribution < -0.4 is 10.2 Å². The zero-order chi connectivity index (χ0) is 25.5. The van der Waals surface area contributed by atoms with Crippen LogP contribution in [-0.2, 0) is 16.7 Å². The first-order valence-electron chi connectivity index (χ1n) is 10.5. The van der Waals surface area contributed by atoms with Gasteiger partial charge < -0.3 is 15.0 Å². The van der Waals surface area contributed by atoms with E-state index < -0.39 is 23.3 Å². The van der Waals surface area contributed by atoms with Crippen molar-refractivity contribution in [2.24, 2.45) is 0 Å². The molecule has 186 valence electrons. The van der Waals surface area contributed by atoms with Crippen molar-refractivity contribution < 1.29 is 22.7 Å². The maximum absolute atomic E-state index is 14.4. The van der Waals surface area contributed by atoms with Gasteiger partial charge >= 0.3 is 12.3 Å². The summed E-state index contributed by atoms with van der Waals surface area (Å²) < 4.78 is 48.3. The zero-order valence-corrected chi connectivity index (χ0v) is 21.4. The Labute approximate surface area is 211 Å². The lowest BCUT2D eigenvalue weighted by atomic mass is 9.79. The Balaban J connectivity index is 1.81. The predicted octanol–water partition coefficient (Wildman–Crippen LogP) is 7.09. The van der Waals surface area contributed by atoms with E-state index in [1.165, 1.54) is 12.1 Å². The fourth-order valence-corrected chi connectivity index (χ4v) is 4.49. The van der Waals surface area contributed by atoms with Crippen molar-refractivity contribution in [1.29, 1.82) is 0 Å². The van der Waals surface area contributed by atoms with Crippen LogP contribution in [0.4, 0.5) is 23.8 Å². The second-order valence-corrected chi connectivity index (χ2v) is 10.5. The monoisotopic (exact) mass is 537 g/mol. The van der Waals surface area contributed by atoms with Crippen LogP contribution in [0.1, 0.15) is 44.0 Å². The summed E-state index contributed by atoms with van der Waals surface area (Å²) in [5, 5.41) is 2.62. The summed E-state index contributed by atoms with van der Waals surface area (Å²) >= 11 is 18.0. The van der Waals surface area contributed by atoms with Gasteiger partial charge in [0.15, 0.2) is 0 Å². The van der Waals surface area contributed by atoms with Crippen LogP contribution in [0.15, 0.2) is 24.3 Å². The number of alkyl halides is 3. The zero-order valence-electron chi connectivity index (χ0n) is 19.1. The standard InChI is InChI=1S/C23H25Cl3F3N3O2/c1-13-14(11-30-20(33)34-21(2,3)4)5-6-18(31-13)32-8-7-22(12-32,23(27,28)29)15-9-16(24)19(26)17(25)10-15/h5-6,9-10H,7-8,11-12H2,1-4H3,(H,30,33). The summed E-state index contributed by atoms with van der Waals surface area (Å²) in [7, 11) is 0. The van der Waals surface area contributed by atoms with Crippen LogP contribution in [0, 0.1) is 6.92 Å². The van der Waals surface area contributed by atoms with Crippen molar-refractivity contribution in [2.45, 2.75) is 57.9 Å². The van der Waals surface area contributed by atoms with E-state index in [4.69, 9.17) is 39.5 Å². The maximum Gasteiger partial charge on any atom is 0.407 e. The van der Waals surface area contributed by atoms with Gasteiger partial charge in [-0.2, -0.15) is 13.2 Å². The van der Waals surface area contributed by atoms with Crippen molar-refractivity contribution in [3.63, 3.8) is 0 Å². The van der Waals surface area contributed by atoms with Gasteiger partial charge in [0.1, 0.15) is 16.8 Å². The number of anilines is 1. The van der Waals surface area contributed by atoms with Gasteiger partial charge in [0.25, 0.3) is 0 Å². The third kappa shape index (κ3) is 5.66. The molecule has 11 heteroatoms. The number of carbonyl (C=O) groups is 1. The maximum atomic E-state index is 14.4. The Morgan fingerprint density at radius 2 is 1.79 bits per heavy atom. The number of hydrogen-bond donors (Lipinski definition) is 1. The van der Waals surface area contributed by atoms with E-state index in [1.807, 2.05) is 0 Å². The third-order valence-electron chi connectivity index (χ3n) is 5.67. The number of alkyl carbamates (subject to hydrolysis) is 1. The molecular formula is C23H25Cl3F3N3O2. The highest BCUT2D eigenvalue weighted by Gasteiger charge is 2.59. The minimum atomic E-state index is -4.55. The molecule has 1 aromatic carbocycles. The van der Waals surface area contributed by atoms with E-state index in [9.17, 15) is 18.0 Å². The Kier molecular flexibility index (Phi) is 7.56. The summed E-state index contributed by atoms with van der Waals surface area (Å²) in [5.74, 6) is 0.413. The molecule has 2 heterocycles. The summed E-state index contributed by atoms with van der Waals surface area (Å²) in [6.07, 6.45) is -5.30. The van der Waals surface area contributed by atoms with Crippen molar-refractivity contribution in [3.8, 4) is 0 Å². The highest BCUT2D eigenvalue weighted by atomic mass is 35.5. The summed E-state index contributed by atoms with van der Waals surface area (Å²) in [4.78, 5) is 18.0. The number of ether oxygens (including phenoxy) is 1.